The smallest absolute Gasteiger partial charge is 0.325 e. The van der Waals surface area contributed by atoms with E-state index in [1.54, 1.807) is 37.6 Å². The number of imidazole rings is 1. The lowest BCUT2D eigenvalue weighted by molar-refractivity contribution is -0.117. The zero-order chi connectivity index (χ0) is 19.9. The average Bonchev–Trinajstić information content (AvgIpc) is 3.15. The number of urea groups is 1. The second kappa shape index (κ2) is 9.09. The van der Waals surface area contributed by atoms with Gasteiger partial charge < -0.3 is 10.1 Å². The Morgan fingerprint density at radius 2 is 1.96 bits per heavy atom. The first-order valence-electron chi connectivity index (χ1n) is 8.53. The summed E-state index contributed by atoms with van der Waals surface area (Å²) in [6, 6.07) is 14.2. The molecule has 1 aromatic heterocycles. The Morgan fingerprint density at radius 1 is 1.18 bits per heavy atom. The SMILES string of the molecule is COc1ccc(NC(=O)NC(=O)CSc2nccn2-c2cccc(C)c2)cc1. The standard InChI is InChI=1S/C20H20N4O3S/c1-14-4-3-5-16(12-14)24-11-10-21-20(24)28-13-18(25)23-19(26)22-15-6-8-17(27-2)9-7-15/h3-12H,13H2,1-2H3,(H2,22,23,25,26). The van der Waals surface area contributed by atoms with Gasteiger partial charge in [-0.25, -0.2) is 9.78 Å². The van der Waals surface area contributed by atoms with Gasteiger partial charge in [0.1, 0.15) is 5.75 Å². The second-order valence-electron chi connectivity index (χ2n) is 5.94. The van der Waals surface area contributed by atoms with Crippen LogP contribution < -0.4 is 15.4 Å². The van der Waals surface area contributed by atoms with Crippen LogP contribution in [0.1, 0.15) is 5.56 Å². The molecular formula is C20H20N4O3S. The van der Waals surface area contributed by atoms with Crippen molar-refractivity contribution in [1.29, 1.82) is 0 Å². The van der Waals surface area contributed by atoms with Gasteiger partial charge in [0, 0.05) is 23.8 Å². The molecule has 0 saturated carbocycles. The quantitative estimate of drug-likeness (QED) is 0.622. The molecule has 3 rings (SSSR count). The molecule has 144 valence electrons. The van der Waals surface area contributed by atoms with Crippen LogP contribution in [0, 0.1) is 6.92 Å². The van der Waals surface area contributed by atoms with E-state index in [0.717, 1.165) is 11.3 Å². The van der Waals surface area contributed by atoms with Crippen LogP contribution in [0.25, 0.3) is 5.69 Å². The molecule has 3 amide bonds. The summed E-state index contributed by atoms with van der Waals surface area (Å²) < 4.78 is 6.97. The summed E-state index contributed by atoms with van der Waals surface area (Å²) in [5.41, 5.74) is 2.67. The van der Waals surface area contributed by atoms with Crippen molar-refractivity contribution in [3.8, 4) is 11.4 Å². The highest BCUT2D eigenvalue weighted by molar-refractivity contribution is 7.99. The van der Waals surface area contributed by atoms with E-state index in [4.69, 9.17) is 4.74 Å². The van der Waals surface area contributed by atoms with E-state index in [-0.39, 0.29) is 5.75 Å². The zero-order valence-electron chi connectivity index (χ0n) is 15.5. The van der Waals surface area contributed by atoms with Crippen molar-refractivity contribution in [2.24, 2.45) is 0 Å². The zero-order valence-corrected chi connectivity index (χ0v) is 16.3. The van der Waals surface area contributed by atoms with E-state index >= 15 is 0 Å². The fourth-order valence-electron chi connectivity index (χ4n) is 2.50. The number of thioether (sulfide) groups is 1. The minimum atomic E-state index is -0.585. The molecule has 0 aliphatic rings. The molecule has 0 aliphatic carbocycles. The normalized spacial score (nSPS) is 10.4. The number of imide groups is 1. The molecule has 0 unspecified atom stereocenters. The summed E-state index contributed by atoms with van der Waals surface area (Å²) in [7, 11) is 1.57. The number of benzene rings is 2. The van der Waals surface area contributed by atoms with Crippen LogP contribution >= 0.6 is 11.8 Å². The minimum absolute atomic E-state index is 0.0683. The minimum Gasteiger partial charge on any atom is -0.497 e. The van der Waals surface area contributed by atoms with Gasteiger partial charge in [0.05, 0.1) is 12.9 Å². The summed E-state index contributed by atoms with van der Waals surface area (Å²) in [5, 5.41) is 5.59. The molecule has 0 atom stereocenters. The van der Waals surface area contributed by atoms with Crippen molar-refractivity contribution < 1.29 is 14.3 Å². The summed E-state index contributed by atoms with van der Waals surface area (Å²) in [5.74, 6) is 0.344. The van der Waals surface area contributed by atoms with E-state index in [1.807, 2.05) is 42.0 Å². The molecule has 0 saturated heterocycles. The monoisotopic (exact) mass is 396 g/mol. The number of carbonyl (C=O) groups is 2. The Morgan fingerprint density at radius 3 is 2.68 bits per heavy atom. The van der Waals surface area contributed by atoms with Gasteiger partial charge in [-0.1, -0.05) is 23.9 Å². The van der Waals surface area contributed by atoms with Crippen molar-refractivity contribution in [2.45, 2.75) is 12.1 Å². The first-order chi connectivity index (χ1) is 13.5. The summed E-state index contributed by atoms with van der Waals surface area (Å²) in [6.07, 6.45) is 3.52. The molecule has 0 radical (unpaired) electrons. The van der Waals surface area contributed by atoms with E-state index in [9.17, 15) is 9.59 Å². The van der Waals surface area contributed by atoms with Crippen LogP contribution in [0.2, 0.25) is 0 Å². The van der Waals surface area contributed by atoms with E-state index < -0.39 is 11.9 Å². The van der Waals surface area contributed by atoms with Crippen molar-refractivity contribution in [1.82, 2.24) is 14.9 Å². The van der Waals surface area contributed by atoms with E-state index in [0.29, 0.717) is 16.6 Å². The van der Waals surface area contributed by atoms with Crippen LogP contribution in [0.15, 0.2) is 66.1 Å². The maximum absolute atomic E-state index is 12.1. The Bertz CT molecular complexity index is 970. The molecule has 0 spiro atoms. The fourth-order valence-corrected chi connectivity index (χ4v) is 3.27. The van der Waals surface area contributed by atoms with Crippen LogP contribution in [0.5, 0.6) is 5.75 Å². The lowest BCUT2D eigenvalue weighted by atomic mass is 10.2. The molecule has 3 aromatic rings. The number of nitrogens with zero attached hydrogens (tertiary/aromatic N) is 2. The molecule has 0 bridgehead atoms. The number of amides is 3. The van der Waals surface area contributed by atoms with Crippen molar-refractivity contribution in [3.05, 3.63) is 66.5 Å². The van der Waals surface area contributed by atoms with Gasteiger partial charge in [-0.2, -0.15) is 0 Å². The number of hydrogen-bond acceptors (Lipinski definition) is 5. The Balaban J connectivity index is 1.53. The molecule has 2 N–H and O–H groups in total. The number of nitrogens with one attached hydrogen (secondary N) is 2. The lowest BCUT2D eigenvalue weighted by Crippen LogP contribution is -2.35. The predicted molar refractivity (Wildman–Crippen MR) is 109 cm³/mol. The van der Waals surface area contributed by atoms with Crippen LogP contribution in [-0.2, 0) is 4.79 Å². The van der Waals surface area contributed by atoms with E-state index in [1.165, 1.54) is 11.8 Å². The molecule has 28 heavy (non-hydrogen) atoms. The van der Waals surface area contributed by atoms with Gasteiger partial charge in [-0.15, -0.1) is 0 Å². The number of aryl methyl sites for hydroxylation is 1. The molecule has 0 aliphatic heterocycles. The molecule has 0 fully saturated rings. The molecule has 2 aromatic carbocycles. The number of methoxy groups -OCH3 is 1. The topological polar surface area (TPSA) is 85.2 Å². The van der Waals surface area contributed by atoms with Gasteiger partial charge in [0.25, 0.3) is 0 Å². The van der Waals surface area contributed by atoms with Gasteiger partial charge in [-0.05, 0) is 48.9 Å². The van der Waals surface area contributed by atoms with Crippen LogP contribution in [0.4, 0.5) is 10.5 Å². The lowest BCUT2D eigenvalue weighted by Gasteiger charge is -2.09. The maximum atomic E-state index is 12.1. The average molecular weight is 396 g/mol. The first-order valence-corrected chi connectivity index (χ1v) is 9.52. The number of ether oxygens (including phenoxy) is 1. The van der Waals surface area contributed by atoms with E-state index in [2.05, 4.69) is 15.6 Å². The third-order valence-corrected chi connectivity index (χ3v) is 4.79. The molecule has 1 heterocycles. The molecule has 7 nitrogen and oxygen atoms in total. The highest BCUT2D eigenvalue weighted by Crippen LogP contribution is 2.21. The summed E-state index contributed by atoms with van der Waals surface area (Å²) in [6.45, 7) is 2.02. The predicted octanol–water partition coefficient (Wildman–Crippen LogP) is 3.63. The summed E-state index contributed by atoms with van der Waals surface area (Å²) >= 11 is 1.26. The van der Waals surface area contributed by atoms with Gasteiger partial charge in [0.15, 0.2) is 5.16 Å². The number of rotatable bonds is 6. The largest absolute Gasteiger partial charge is 0.497 e. The van der Waals surface area contributed by atoms with Gasteiger partial charge >= 0.3 is 6.03 Å². The highest BCUT2D eigenvalue weighted by Gasteiger charge is 2.12. The molecule has 8 heteroatoms. The van der Waals surface area contributed by atoms with Crippen molar-refractivity contribution in [3.63, 3.8) is 0 Å². The Hall–Kier alpha value is -3.26. The number of aromatic nitrogens is 2. The van der Waals surface area contributed by atoms with Crippen LogP contribution in [0.3, 0.4) is 0 Å². The fraction of sp³-hybridized carbons (Fsp3) is 0.150. The third kappa shape index (κ3) is 5.14. The Kier molecular flexibility index (Phi) is 6.33. The van der Waals surface area contributed by atoms with Crippen molar-refractivity contribution >= 4 is 29.4 Å². The molecular weight excluding hydrogens is 376 g/mol. The summed E-state index contributed by atoms with van der Waals surface area (Å²) in [4.78, 5) is 28.3. The number of anilines is 1. The second-order valence-corrected chi connectivity index (χ2v) is 6.88. The first kappa shape index (κ1) is 19.5. The van der Waals surface area contributed by atoms with Crippen molar-refractivity contribution in [2.75, 3.05) is 18.2 Å². The number of carbonyl (C=O) groups excluding carboxylic acids is 2. The Labute approximate surface area is 167 Å². The maximum Gasteiger partial charge on any atom is 0.325 e. The van der Waals surface area contributed by atoms with Crippen LogP contribution in [-0.4, -0.2) is 34.4 Å². The van der Waals surface area contributed by atoms with Gasteiger partial charge in [0.2, 0.25) is 5.91 Å². The number of hydrogen-bond donors (Lipinski definition) is 2. The van der Waals surface area contributed by atoms with Gasteiger partial charge in [-0.3, -0.25) is 14.7 Å². The highest BCUT2D eigenvalue weighted by atomic mass is 32.2. The third-order valence-electron chi connectivity index (χ3n) is 3.82.